The number of rotatable bonds is 5. The van der Waals surface area contributed by atoms with E-state index in [0.717, 1.165) is 12.8 Å². The van der Waals surface area contributed by atoms with Crippen molar-refractivity contribution < 1.29 is 13.9 Å². The molecular weight excluding hydrogens is 278 g/mol. The molecule has 1 heterocycles. The Morgan fingerprint density at radius 1 is 1.18 bits per heavy atom. The van der Waals surface area contributed by atoms with Crippen LogP contribution in [0.5, 0.6) is 5.75 Å². The number of benzene rings is 2. The Balaban J connectivity index is 1.50. The number of aryl methyl sites for hydroxylation is 2. The highest BCUT2D eigenvalue weighted by Crippen LogP contribution is 2.20. The highest BCUT2D eigenvalue weighted by atomic mass is 16.5. The quantitative estimate of drug-likeness (QED) is 0.526. The average Bonchev–Trinajstić information content (AvgIpc) is 2.97. The maximum atomic E-state index is 11.9. The van der Waals surface area contributed by atoms with Crippen LogP contribution in [0.25, 0.3) is 11.1 Å². The lowest BCUT2D eigenvalue weighted by Gasteiger charge is -2.04. The van der Waals surface area contributed by atoms with Crippen LogP contribution in [0, 0.1) is 6.92 Å². The first-order chi connectivity index (χ1) is 10.7. The lowest BCUT2D eigenvalue weighted by molar-refractivity contribution is -0.134. The first kappa shape index (κ1) is 14.3. The molecule has 0 saturated carbocycles. The molecule has 3 rings (SSSR count). The number of carbonyl (C=O) groups excluding carboxylic acids is 1. The number of ether oxygens (including phenoxy) is 1. The van der Waals surface area contributed by atoms with Crippen LogP contribution in [0.2, 0.25) is 0 Å². The van der Waals surface area contributed by atoms with E-state index in [9.17, 15) is 4.79 Å². The smallest absolute Gasteiger partial charge is 0.311 e. The van der Waals surface area contributed by atoms with Gasteiger partial charge in [-0.3, -0.25) is 4.79 Å². The number of esters is 1. The first-order valence-electron chi connectivity index (χ1n) is 7.30. The predicted octanol–water partition coefficient (Wildman–Crippen LogP) is 4.06. The molecule has 0 unspecified atom stereocenters. The average molecular weight is 295 g/mol. The molecule has 0 spiro atoms. The third-order valence-corrected chi connectivity index (χ3v) is 3.50. The van der Waals surface area contributed by atoms with Crippen molar-refractivity contribution in [1.82, 2.24) is 4.98 Å². The van der Waals surface area contributed by atoms with Crippen molar-refractivity contribution in [2.24, 2.45) is 0 Å². The van der Waals surface area contributed by atoms with Crippen LogP contribution in [-0.4, -0.2) is 11.0 Å². The summed E-state index contributed by atoms with van der Waals surface area (Å²) >= 11 is 0. The van der Waals surface area contributed by atoms with Crippen LogP contribution < -0.4 is 4.74 Å². The molecule has 0 fully saturated rings. The van der Waals surface area contributed by atoms with Gasteiger partial charge >= 0.3 is 5.97 Å². The zero-order chi connectivity index (χ0) is 15.4. The molecule has 0 aliphatic carbocycles. The normalized spacial score (nSPS) is 10.8. The molecule has 22 heavy (non-hydrogen) atoms. The molecule has 0 bridgehead atoms. The summed E-state index contributed by atoms with van der Waals surface area (Å²) in [5.74, 6) is 0.275. The Hall–Kier alpha value is -2.62. The molecule has 4 heteroatoms. The molecular formula is C18H17NO3. The number of nitrogens with zero attached hydrogens (tertiary/aromatic N) is 1. The van der Waals surface area contributed by atoms with E-state index in [1.807, 2.05) is 0 Å². The summed E-state index contributed by atoms with van der Waals surface area (Å²) in [5, 5.41) is 0. The van der Waals surface area contributed by atoms with E-state index in [1.54, 1.807) is 18.2 Å². The lowest BCUT2D eigenvalue weighted by atomic mass is 10.1. The van der Waals surface area contributed by atoms with Crippen molar-refractivity contribution in [1.29, 1.82) is 0 Å². The van der Waals surface area contributed by atoms with Gasteiger partial charge in [0.15, 0.2) is 12.0 Å². The highest BCUT2D eigenvalue weighted by Gasteiger charge is 2.07. The molecule has 0 aliphatic rings. The zero-order valence-corrected chi connectivity index (χ0v) is 12.4. The Bertz CT molecular complexity index is 774. The van der Waals surface area contributed by atoms with Gasteiger partial charge in [0.25, 0.3) is 0 Å². The number of hydrogen-bond acceptors (Lipinski definition) is 4. The van der Waals surface area contributed by atoms with Gasteiger partial charge in [-0.1, -0.05) is 29.8 Å². The van der Waals surface area contributed by atoms with Crippen molar-refractivity contribution >= 4 is 17.1 Å². The molecule has 1 aromatic heterocycles. The third kappa shape index (κ3) is 3.52. The van der Waals surface area contributed by atoms with Gasteiger partial charge in [0.05, 0.1) is 0 Å². The van der Waals surface area contributed by atoms with Crippen LogP contribution in [0.1, 0.15) is 24.0 Å². The first-order valence-corrected chi connectivity index (χ1v) is 7.30. The molecule has 112 valence electrons. The Labute approximate surface area is 128 Å². The predicted molar refractivity (Wildman–Crippen MR) is 83.8 cm³/mol. The van der Waals surface area contributed by atoms with E-state index in [4.69, 9.17) is 9.15 Å². The Kier molecular flexibility index (Phi) is 4.19. The number of fused-ring (bicyclic) bond motifs is 1. The molecule has 0 atom stereocenters. The van der Waals surface area contributed by atoms with Gasteiger partial charge in [-0.15, -0.1) is 0 Å². The summed E-state index contributed by atoms with van der Waals surface area (Å²) in [6, 6.07) is 13.5. The zero-order valence-electron chi connectivity index (χ0n) is 12.4. The standard InChI is InChI=1S/C18H17NO3/c1-13-5-7-14(8-6-13)3-2-4-18(20)22-15-9-10-17-16(11-15)19-12-21-17/h5-12H,2-4H2,1H3. The summed E-state index contributed by atoms with van der Waals surface area (Å²) in [6.45, 7) is 2.06. The van der Waals surface area contributed by atoms with E-state index in [1.165, 1.54) is 17.5 Å². The monoisotopic (exact) mass is 295 g/mol. The minimum atomic E-state index is -0.227. The SMILES string of the molecule is Cc1ccc(CCCC(=O)Oc2ccc3ocnc3c2)cc1. The lowest BCUT2D eigenvalue weighted by Crippen LogP contribution is -2.08. The number of oxazole rings is 1. The van der Waals surface area contributed by atoms with Crippen LogP contribution in [-0.2, 0) is 11.2 Å². The van der Waals surface area contributed by atoms with E-state index < -0.39 is 0 Å². The van der Waals surface area contributed by atoms with Gasteiger partial charge < -0.3 is 9.15 Å². The second kappa shape index (κ2) is 6.43. The third-order valence-electron chi connectivity index (χ3n) is 3.50. The number of aromatic nitrogens is 1. The highest BCUT2D eigenvalue weighted by molar-refractivity contribution is 5.77. The van der Waals surface area contributed by atoms with Gasteiger partial charge in [-0.05, 0) is 37.5 Å². The maximum absolute atomic E-state index is 11.9. The van der Waals surface area contributed by atoms with Crippen molar-refractivity contribution in [3.63, 3.8) is 0 Å². The van der Waals surface area contributed by atoms with Crippen molar-refractivity contribution in [3.05, 3.63) is 60.0 Å². The summed E-state index contributed by atoms with van der Waals surface area (Å²) in [7, 11) is 0. The van der Waals surface area contributed by atoms with Gasteiger partial charge in [0.2, 0.25) is 0 Å². The molecule has 2 aromatic carbocycles. The van der Waals surface area contributed by atoms with E-state index in [0.29, 0.717) is 23.3 Å². The minimum absolute atomic E-state index is 0.227. The van der Waals surface area contributed by atoms with E-state index in [2.05, 4.69) is 36.2 Å². The number of carbonyl (C=O) groups is 1. The molecule has 0 N–H and O–H groups in total. The topological polar surface area (TPSA) is 52.3 Å². The molecule has 0 amide bonds. The summed E-state index contributed by atoms with van der Waals surface area (Å²) in [6.07, 6.45) is 3.41. The maximum Gasteiger partial charge on any atom is 0.311 e. The fourth-order valence-corrected chi connectivity index (χ4v) is 2.28. The second-order valence-electron chi connectivity index (χ2n) is 5.30. The van der Waals surface area contributed by atoms with Crippen LogP contribution in [0.15, 0.2) is 53.3 Å². The minimum Gasteiger partial charge on any atom is -0.443 e. The molecule has 0 saturated heterocycles. The summed E-state index contributed by atoms with van der Waals surface area (Å²) in [4.78, 5) is 15.9. The second-order valence-corrected chi connectivity index (χ2v) is 5.30. The summed E-state index contributed by atoms with van der Waals surface area (Å²) in [5.41, 5.74) is 3.85. The summed E-state index contributed by atoms with van der Waals surface area (Å²) < 4.78 is 10.5. The number of hydrogen-bond donors (Lipinski definition) is 0. The van der Waals surface area contributed by atoms with Gasteiger partial charge in [-0.2, -0.15) is 0 Å². The van der Waals surface area contributed by atoms with Crippen molar-refractivity contribution in [2.45, 2.75) is 26.2 Å². The Morgan fingerprint density at radius 3 is 2.82 bits per heavy atom. The molecule has 3 aromatic rings. The largest absolute Gasteiger partial charge is 0.443 e. The van der Waals surface area contributed by atoms with Gasteiger partial charge in [-0.25, -0.2) is 4.98 Å². The van der Waals surface area contributed by atoms with Crippen molar-refractivity contribution in [3.8, 4) is 5.75 Å². The van der Waals surface area contributed by atoms with Gasteiger partial charge in [0, 0.05) is 12.5 Å². The van der Waals surface area contributed by atoms with E-state index in [-0.39, 0.29) is 5.97 Å². The fraction of sp³-hybridized carbons (Fsp3) is 0.222. The van der Waals surface area contributed by atoms with Crippen LogP contribution in [0.3, 0.4) is 0 Å². The van der Waals surface area contributed by atoms with Crippen LogP contribution in [0.4, 0.5) is 0 Å². The Morgan fingerprint density at radius 2 is 2.00 bits per heavy atom. The van der Waals surface area contributed by atoms with Crippen molar-refractivity contribution in [2.75, 3.05) is 0 Å². The fourth-order valence-electron chi connectivity index (χ4n) is 2.28. The molecule has 0 radical (unpaired) electrons. The van der Waals surface area contributed by atoms with Crippen LogP contribution >= 0.6 is 0 Å². The molecule has 4 nitrogen and oxygen atoms in total. The van der Waals surface area contributed by atoms with E-state index >= 15 is 0 Å². The van der Waals surface area contributed by atoms with Gasteiger partial charge in [0.1, 0.15) is 11.3 Å². The molecule has 0 aliphatic heterocycles.